The SMILES string of the molecule is CCCCCCC=CCN(C)C=O. The van der Waals surface area contributed by atoms with Crippen molar-refractivity contribution in [2.45, 2.75) is 39.0 Å². The molecule has 0 atom stereocenters. The Morgan fingerprint density at radius 2 is 1.92 bits per heavy atom. The summed E-state index contributed by atoms with van der Waals surface area (Å²) in [6.07, 6.45) is 11.4. The highest BCUT2D eigenvalue weighted by molar-refractivity contribution is 5.46. The molecule has 13 heavy (non-hydrogen) atoms. The van der Waals surface area contributed by atoms with Crippen molar-refractivity contribution in [1.82, 2.24) is 4.90 Å². The number of hydrogen-bond donors (Lipinski definition) is 0. The van der Waals surface area contributed by atoms with Crippen LogP contribution in [0.4, 0.5) is 0 Å². The smallest absolute Gasteiger partial charge is 0.209 e. The minimum absolute atomic E-state index is 0.733. The first-order chi connectivity index (χ1) is 6.31. The highest BCUT2D eigenvalue weighted by Crippen LogP contribution is 2.02. The maximum absolute atomic E-state index is 10.2. The average molecular weight is 183 g/mol. The van der Waals surface area contributed by atoms with E-state index in [1.54, 1.807) is 11.9 Å². The molecule has 0 aliphatic rings. The van der Waals surface area contributed by atoms with Crippen molar-refractivity contribution in [1.29, 1.82) is 0 Å². The van der Waals surface area contributed by atoms with Gasteiger partial charge in [0.05, 0.1) is 0 Å². The van der Waals surface area contributed by atoms with Gasteiger partial charge in [-0.05, 0) is 12.8 Å². The van der Waals surface area contributed by atoms with Crippen LogP contribution in [0.3, 0.4) is 0 Å². The van der Waals surface area contributed by atoms with Gasteiger partial charge >= 0.3 is 0 Å². The fourth-order valence-corrected chi connectivity index (χ4v) is 1.09. The molecule has 0 aromatic rings. The van der Waals surface area contributed by atoms with Crippen LogP contribution in [0.1, 0.15) is 39.0 Å². The molecule has 0 spiro atoms. The summed E-state index contributed by atoms with van der Waals surface area (Å²) in [5.41, 5.74) is 0. The van der Waals surface area contributed by atoms with Gasteiger partial charge in [0, 0.05) is 13.6 Å². The molecular weight excluding hydrogens is 162 g/mol. The summed E-state index contributed by atoms with van der Waals surface area (Å²) < 4.78 is 0. The van der Waals surface area contributed by atoms with E-state index < -0.39 is 0 Å². The van der Waals surface area contributed by atoms with Crippen LogP contribution in [0.5, 0.6) is 0 Å². The molecule has 0 rings (SSSR count). The van der Waals surface area contributed by atoms with Gasteiger partial charge < -0.3 is 4.90 Å². The predicted molar refractivity (Wildman–Crippen MR) is 56.6 cm³/mol. The number of hydrogen-bond acceptors (Lipinski definition) is 1. The topological polar surface area (TPSA) is 20.3 Å². The summed E-state index contributed by atoms with van der Waals surface area (Å²) in [6.45, 7) is 2.95. The maximum Gasteiger partial charge on any atom is 0.209 e. The molecule has 0 saturated carbocycles. The van der Waals surface area contributed by atoms with E-state index in [9.17, 15) is 4.79 Å². The van der Waals surface area contributed by atoms with Crippen LogP contribution in [0, 0.1) is 0 Å². The number of nitrogens with zero attached hydrogens (tertiary/aromatic N) is 1. The second-order valence-electron chi connectivity index (χ2n) is 3.37. The monoisotopic (exact) mass is 183 g/mol. The third-order valence-electron chi connectivity index (χ3n) is 1.96. The van der Waals surface area contributed by atoms with Gasteiger partial charge in [0.15, 0.2) is 0 Å². The average Bonchev–Trinajstić information content (AvgIpc) is 2.16. The number of allylic oxidation sites excluding steroid dienone is 1. The fraction of sp³-hybridized carbons (Fsp3) is 0.727. The number of likely N-dealkylation sites (N-methyl/N-ethyl adjacent to an activating group) is 1. The van der Waals surface area contributed by atoms with E-state index in [1.165, 1.54) is 25.7 Å². The Labute approximate surface area is 81.6 Å². The van der Waals surface area contributed by atoms with Crippen molar-refractivity contribution < 1.29 is 4.79 Å². The number of carbonyl (C=O) groups is 1. The molecule has 2 nitrogen and oxygen atoms in total. The van der Waals surface area contributed by atoms with Gasteiger partial charge in [0.25, 0.3) is 0 Å². The van der Waals surface area contributed by atoms with Gasteiger partial charge in [-0.2, -0.15) is 0 Å². The Bertz CT molecular complexity index is 143. The Balaban J connectivity index is 3.16. The summed E-state index contributed by atoms with van der Waals surface area (Å²) >= 11 is 0. The van der Waals surface area contributed by atoms with Crippen LogP contribution in [0.25, 0.3) is 0 Å². The zero-order valence-electron chi connectivity index (χ0n) is 8.83. The quantitative estimate of drug-likeness (QED) is 0.322. The summed E-state index contributed by atoms with van der Waals surface area (Å²) in [5.74, 6) is 0. The molecular formula is C11H21NO. The molecule has 2 heteroatoms. The Morgan fingerprint density at radius 1 is 1.15 bits per heavy atom. The molecule has 0 heterocycles. The van der Waals surface area contributed by atoms with Gasteiger partial charge in [-0.15, -0.1) is 0 Å². The maximum atomic E-state index is 10.2. The van der Waals surface area contributed by atoms with Crippen LogP contribution < -0.4 is 0 Å². The lowest BCUT2D eigenvalue weighted by Crippen LogP contribution is -2.14. The standard InChI is InChI=1S/C11H21NO/c1-3-4-5-6-7-8-9-10-12(2)11-13/h8-9,11H,3-7,10H2,1-2H3. The third kappa shape index (κ3) is 9.12. The summed E-state index contributed by atoms with van der Waals surface area (Å²) in [7, 11) is 1.79. The van der Waals surface area contributed by atoms with Crippen LogP contribution in [0.15, 0.2) is 12.2 Å². The Morgan fingerprint density at radius 3 is 2.54 bits per heavy atom. The van der Waals surface area contributed by atoms with Crippen LogP contribution in [0.2, 0.25) is 0 Å². The van der Waals surface area contributed by atoms with Crippen molar-refractivity contribution in [2.75, 3.05) is 13.6 Å². The molecule has 1 amide bonds. The Kier molecular flexibility index (Phi) is 8.73. The molecule has 0 aromatic heterocycles. The van der Waals surface area contributed by atoms with Crippen molar-refractivity contribution in [3.05, 3.63) is 12.2 Å². The third-order valence-corrected chi connectivity index (χ3v) is 1.96. The molecule has 0 bridgehead atoms. The predicted octanol–water partition coefficient (Wildman–Crippen LogP) is 2.60. The zero-order chi connectivity index (χ0) is 9.94. The number of unbranched alkanes of at least 4 members (excludes halogenated alkanes) is 4. The van der Waals surface area contributed by atoms with Crippen molar-refractivity contribution in [2.24, 2.45) is 0 Å². The van der Waals surface area contributed by atoms with E-state index >= 15 is 0 Å². The molecule has 76 valence electrons. The first kappa shape index (κ1) is 12.2. The van der Waals surface area contributed by atoms with Crippen molar-refractivity contribution in [3.63, 3.8) is 0 Å². The van der Waals surface area contributed by atoms with Gasteiger partial charge in [0.2, 0.25) is 6.41 Å². The summed E-state index contributed by atoms with van der Waals surface area (Å²) in [6, 6.07) is 0. The van der Waals surface area contributed by atoms with Crippen LogP contribution in [-0.2, 0) is 4.79 Å². The fourth-order valence-electron chi connectivity index (χ4n) is 1.09. The van der Waals surface area contributed by atoms with Crippen molar-refractivity contribution >= 4 is 6.41 Å². The number of carbonyl (C=O) groups excluding carboxylic acids is 1. The molecule has 0 unspecified atom stereocenters. The molecule has 0 N–H and O–H groups in total. The normalized spacial score (nSPS) is 10.6. The van der Waals surface area contributed by atoms with E-state index in [4.69, 9.17) is 0 Å². The van der Waals surface area contributed by atoms with Crippen LogP contribution in [-0.4, -0.2) is 24.9 Å². The second kappa shape index (κ2) is 9.30. The minimum atomic E-state index is 0.733. The first-order valence-corrected chi connectivity index (χ1v) is 5.11. The van der Waals surface area contributed by atoms with Gasteiger partial charge in [-0.3, -0.25) is 4.79 Å². The van der Waals surface area contributed by atoms with Gasteiger partial charge in [-0.25, -0.2) is 0 Å². The van der Waals surface area contributed by atoms with E-state index in [1.807, 2.05) is 0 Å². The van der Waals surface area contributed by atoms with E-state index in [-0.39, 0.29) is 0 Å². The molecule has 0 aromatic carbocycles. The highest BCUT2D eigenvalue weighted by Gasteiger charge is 1.87. The molecule has 0 aliphatic carbocycles. The van der Waals surface area contributed by atoms with Gasteiger partial charge in [-0.1, -0.05) is 38.3 Å². The summed E-state index contributed by atoms with van der Waals surface area (Å²) in [4.78, 5) is 11.8. The minimum Gasteiger partial charge on any atom is -0.345 e. The molecule has 0 fully saturated rings. The lowest BCUT2D eigenvalue weighted by molar-refractivity contribution is -0.116. The highest BCUT2D eigenvalue weighted by atomic mass is 16.1. The second-order valence-corrected chi connectivity index (χ2v) is 3.37. The van der Waals surface area contributed by atoms with E-state index in [0.29, 0.717) is 0 Å². The Hall–Kier alpha value is -0.790. The first-order valence-electron chi connectivity index (χ1n) is 5.11. The number of amides is 1. The van der Waals surface area contributed by atoms with Gasteiger partial charge in [0.1, 0.15) is 0 Å². The van der Waals surface area contributed by atoms with Crippen molar-refractivity contribution in [3.8, 4) is 0 Å². The lowest BCUT2D eigenvalue weighted by atomic mass is 10.1. The molecule has 0 radical (unpaired) electrons. The largest absolute Gasteiger partial charge is 0.345 e. The lowest BCUT2D eigenvalue weighted by Gasteiger charge is -2.04. The van der Waals surface area contributed by atoms with Crippen LogP contribution >= 0.6 is 0 Å². The zero-order valence-corrected chi connectivity index (χ0v) is 8.83. The summed E-state index contributed by atoms with van der Waals surface area (Å²) in [5, 5.41) is 0. The molecule has 0 saturated heterocycles. The van der Waals surface area contributed by atoms with E-state index in [0.717, 1.165) is 19.4 Å². The van der Waals surface area contributed by atoms with E-state index in [2.05, 4.69) is 19.1 Å². The number of rotatable bonds is 8. The molecule has 0 aliphatic heterocycles.